The number of aliphatic hydroxyl groups is 1. The standard InChI is InChI=1S/C15H17ClOS/c1-15(2,3)11-6-4-10(5-7-11)14(17)13-8-12(16)9-18-13/h4-9,14,17H,1-3H3. The van der Waals surface area contributed by atoms with Crippen molar-refractivity contribution in [1.82, 2.24) is 0 Å². The zero-order chi connectivity index (χ0) is 13.3. The minimum atomic E-state index is -0.587. The van der Waals surface area contributed by atoms with Crippen LogP contribution in [0.5, 0.6) is 0 Å². The average molecular weight is 281 g/mol. The molecule has 0 spiro atoms. The maximum atomic E-state index is 10.3. The van der Waals surface area contributed by atoms with Gasteiger partial charge in [0.1, 0.15) is 6.10 Å². The highest BCUT2D eigenvalue weighted by molar-refractivity contribution is 7.10. The Kier molecular flexibility index (Phi) is 3.81. The SMILES string of the molecule is CC(C)(C)c1ccc(C(O)c2cc(Cl)cs2)cc1. The molecule has 1 aromatic heterocycles. The molecule has 2 rings (SSSR count). The van der Waals surface area contributed by atoms with Crippen LogP contribution in [-0.4, -0.2) is 5.11 Å². The summed E-state index contributed by atoms with van der Waals surface area (Å²) in [6.45, 7) is 6.53. The van der Waals surface area contributed by atoms with Crippen LogP contribution in [0.2, 0.25) is 5.02 Å². The molecule has 96 valence electrons. The van der Waals surface area contributed by atoms with Gasteiger partial charge in [0.25, 0.3) is 0 Å². The largest absolute Gasteiger partial charge is 0.383 e. The van der Waals surface area contributed by atoms with Crippen molar-refractivity contribution in [2.24, 2.45) is 0 Å². The highest BCUT2D eigenvalue weighted by Crippen LogP contribution is 2.31. The van der Waals surface area contributed by atoms with Crippen molar-refractivity contribution in [2.45, 2.75) is 32.3 Å². The topological polar surface area (TPSA) is 20.2 Å². The second-order valence-corrected chi connectivity index (χ2v) is 6.82. The molecule has 0 radical (unpaired) electrons. The third kappa shape index (κ3) is 2.94. The molecular weight excluding hydrogens is 264 g/mol. The third-order valence-corrected chi connectivity index (χ3v) is 4.28. The molecule has 0 fully saturated rings. The van der Waals surface area contributed by atoms with E-state index in [4.69, 9.17) is 11.6 Å². The molecular formula is C15H17ClOS. The van der Waals surface area contributed by atoms with Crippen LogP contribution in [0.1, 0.15) is 42.9 Å². The molecule has 1 aromatic carbocycles. The van der Waals surface area contributed by atoms with Crippen LogP contribution in [0.4, 0.5) is 0 Å². The molecule has 0 saturated heterocycles. The minimum Gasteiger partial charge on any atom is -0.383 e. The Morgan fingerprint density at radius 1 is 1.17 bits per heavy atom. The van der Waals surface area contributed by atoms with E-state index in [1.165, 1.54) is 16.9 Å². The number of aliphatic hydroxyl groups excluding tert-OH is 1. The first-order chi connectivity index (χ1) is 8.38. The van der Waals surface area contributed by atoms with E-state index >= 15 is 0 Å². The van der Waals surface area contributed by atoms with E-state index in [-0.39, 0.29) is 5.41 Å². The fraction of sp³-hybridized carbons (Fsp3) is 0.333. The summed E-state index contributed by atoms with van der Waals surface area (Å²) in [4.78, 5) is 0.878. The van der Waals surface area contributed by atoms with Crippen LogP contribution in [0.25, 0.3) is 0 Å². The maximum Gasteiger partial charge on any atom is 0.113 e. The van der Waals surface area contributed by atoms with Crippen molar-refractivity contribution in [2.75, 3.05) is 0 Å². The third-order valence-electron chi connectivity index (χ3n) is 2.95. The van der Waals surface area contributed by atoms with Crippen molar-refractivity contribution < 1.29 is 5.11 Å². The van der Waals surface area contributed by atoms with Crippen LogP contribution >= 0.6 is 22.9 Å². The molecule has 1 nitrogen and oxygen atoms in total. The Balaban J connectivity index is 2.24. The van der Waals surface area contributed by atoms with E-state index in [2.05, 4.69) is 32.9 Å². The first-order valence-electron chi connectivity index (χ1n) is 5.90. The normalized spacial score (nSPS) is 13.6. The number of hydrogen-bond acceptors (Lipinski definition) is 2. The molecule has 1 unspecified atom stereocenters. The molecule has 1 N–H and O–H groups in total. The molecule has 0 aliphatic carbocycles. The zero-order valence-corrected chi connectivity index (χ0v) is 12.3. The van der Waals surface area contributed by atoms with Gasteiger partial charge in [-0.1, -0.05) is 56.6 Å². The van der Waals surface area contributed by atoms with Crippen molar-refractivity contribution in [3.05, 3.63) is 56.7 Å². The molecule has 0 bridgehead atoms. The Morgan fingerprint density at radius 3 is 2.22 bits per heavy atom. The lowest BCUT2D eigenvalue weighted by Gasteiger charge is -2.19. The lowest BCUT2D eigenvalue weighted by atomic mass is 9.86. The lowest BCUT2D eigenvalue weighted by molar-refractivity contribution is 0.224. The predicted octanol–water partition coefficient (Wildman–Crippen LogP) is 4.78. The monoisotopic (exact) mass is 280 g/mol. The van der Waals surface area contributed by atoms with Crippen LogP contribution in [0, 0.1) is 0 Å². The van der Waals surface area contributed by atoms with Crippen LogP contribution in [0.15, 0.2) is 35.7 Å². The van der Waals surface area contributed by atoms with Gasteiger partial charge in [0.2, 0.25) is 0 Å². The number of hydrogen-bond donors (Lipinski definition) is 1. The van der Waals surface area contributed by atoms with Gasteiger partial charge in [0, 0.05) is 10.3 Å². The Labute approximate surface area is 117 Å². The second-order valence-electron chi connectivity index (χ2n) is 5.44. The summed E-state index contributed by atoms with van der Waals surface area (Å²) in [5.74, 6) is 0. The highest BCUT2D eigenvalue weighted by atomic mass is 35.5. The summed E-state index contributed by atoms with van der Waals surface area (Å²) in [7, 11) is 0. The van der Waals surface area contributed by atoms with Gasteiger partial charge in [-0.05, 0) is 22.6 Å². The Hall–Kier alpha value is -0.830. The summed E-state index contributed by atoms with van der Waals surface area (Å²) in [6.07, 6.45) is -0.587. The van der Waals surface area contributed by atoms with E-state index in [1.54, 1.807) is 0 Å². The average Bonchev–Trinajstić information content (AvgIpc) is 2.74. The first-order valence-corrected chi connectivity index (χ1v) is 7.16. The van der Waals surface area contributed by atoms with Crippen molar-refractivity contribution >= 4 is 22.9 Å². The molecule has 0 saturated carbocycles. The van der Waals surface area contributed by atoms with Crippen LogP contribution in [-0.2, 0) is 5.41 Å². The molecule has 0 aliphatic rings. The summed E-state index contributed by atoms with van der Waals surface area (Å²) in [5.41, 5.74) is 2.31. The summed E-state index contributed by atoms with van der Waals surface area (Å²) in [5, 5.41) is 12.8. The smallest absolute Gasteiger partial charge is 0.113 e. The van der Waals surface area contributed by atoms with Crippen molar-refractivity contribution in [3.63, 3.8) is 0 Å². The van der Waals surface area contributed by atoms with Gasteiger partial charge >= 0.3 is 0 Å². The van der Waals surface area contributed by atoms with E-state index in [1.807, 2.05) is 23.6 Å². The van der Waals surface area contributed by atoms with Gasteiger partial charge in [0.15, 0.2) is 0 Å². The number of thiophene rings is 1. The van der Waals surface area contributed by atoms with Gasteiger partial charge in [0.05, 0.1) is 5.02 Å². The summed E-state index contributed by atoms with van der Waals surface area (Å²) >= 11 is 7.36. The number of benzene rings is 1. The lowest BCUT2D eigenvalue weighted by Crippen LogP contribution is -2.11. The van der Waals surface area contributed by atoms with Gasteiger partial charge in [-0.25, -0.2) is 0 Å². The highest BCUT2D eigenvalue weighted by Gasteiger charge is 2.16. The summed E-state index contributed by atoms with van der Waals surface area (Å²) in [6, 6.07) is 9.94. The van der Waals surface area contributed by atoms with Crippen LogP contribution < -0.4 is 0 Å². The fourth-order valence-electron chi connectivity index (χ4n) is 1.80. The first kappa shape index (κ1) is 13.6. The summed E-state index contributed by atoms with van der Waals surface area (Å²) < 4.78 is 0. The second kappa shape index (κ2) is 5.04. The van der Waals surface area contributed by atoms with Gasteiger partial charge < -0.3 is 5.11 Å². The van der Waals surface area contributed by atoms with Crippen molar-refractivity contribution in [3.8, 4) is 0 Å². The molecule has 0 aliphatic heterocycles. The molecule has 1 heterocycles. The minimum absolute atomic E-state index is 0.135. The zero-order valence-electron chi connectivity index (χ0n) is 10.8. The fourth-order valence-corrected chi connectivity index (χ4v) is 2.89. The maximum absolute atomic E-state index is 10.3. The van der Waals surface area contributed by atoms with Crippen LogP contribution in [0.3, 0.4) is 0 Å². The number of rotatable bonds is 2. The molecule has 3 heteroatoms. The molecule has 1 atom stereocenters. The molecule has 2 aromatic rings. The van der Waals surface area contributed by atoms with Crippen molar-refractivity contribution in [1.29, 1.82) is 0 Å². The predicted molar refractivity (Wildman–Crippen MR) is 78.5 cm³/mol. The van der Waals surface area contributed by atoms with Gasteiger partial charge in [-0.3, -0.25) is 0 Å². The quantitative estimate of drug-likeness (QED) is 0.839. The van der Waals surface area contributed by atoms with E-state index in [0.29, 0.717) is 5.02 Å². The Bertz CT molecular complexity index is 522. The van der Waals surface area contributed by atoms with Gasteiger partial charge in [-0.15, -0.1) is 11.3 Å². The molecule has 0 amide bonds. The van der Waals surface area contributed by atoms with E-state index in [0.717, 1.165) is 10.4 Å². The van der Waals surface area contributed by atoms with Gasteiger partial charge in [-0.2, -0.15) is 0 Å². The van der Waals surface area contributed by atoms with E-state index < -0.39 is 6.10 Å². The molecule has 18 heavy (non-hydrogen) atoms. The van der Waals surface area contributed by atoms with E-state index in [9.17, 15) is 5.11 Å². The number of halogens is 1. The Morgan fingerprint density at radius 2 is 1.78 bits per heavy atom.